The van der Waals surface area contributed by atoms with Gasteiger partial charge in [0.25, 0.3) is 5.91 Å². The van der Waals surface area contributed by atoms with Crippen LogP contribution in [-0.2, 0) is 36.6 Å². The lowest BCUT2D eigenvalue weighted by molar-refractivity contribution is -0.144. The molecular formula is C49H73N7O9. The monoisotopic (exact) mass is 904 g/mol. The smallest absolute Gasteiger partial charge is 0.417 e. The van der Waals surface area contributed by atoms with Gasteiger partial charge in [-0.1, -0.05) is 45.5 Å². The molecule has 0 radical (unpaired) electrons. The zero-order chi connectivity index (χ0) is 45.0. The third kappa shape index (κ3) is 14.0. The van der Waals surface area contributed by atoms with Gasteiger partial charge in [0.15, 0.2) is 11.7 Å². The SMILES string of the molecule is C.CC1CCN(CCC(=O)OCCCN2CCOCC2)CC1.Cc1cc(C[C@@H](OC(=O)N2CCC(N3CCc4ccccc4NC3=O)CC2)C(=O)N2CCC(C)CC2)cc2oc(=O)[nH]c12. The number of nitrogens with one attached hydrogen (secondary N) is 2. The number of carbonyl (C=O) groups excluding carboxylic acids is 4. The number of para-hydroxylation sites is 1. The van der Waals surface area contributed by atoms with Gasteiger partial charge in [0.2, 0.25) is 0 Å². The van der Waals surface area contributed by atoms with E-state index in [0.717, 1.165) is 106 Å². The Hall–Kier alpha value is -4.93. The van der Waals surface area contributed by atoms with E-state index < -0.39 is 18.0 Å². The summed E-state index contributed by atoms with van der Waals surface area (Å²) in [6.07, 6.45) is 6.47. The zero-order valence-corrected chi connectivity index (χ0v) is 38.2. The second kappa shape index (κ2) is 24.0. The quantitative estimate of drug-likeness (QED) is 0.155. The van der Waals surface area contributed by atoms with E-state index in [1.165, 1.54) is 12.8 Å². The maximum atomic E-state index is 13.7. The molecule has 6 heterocycles. The van der Waals surface area contributed by atoms with Gasteiger partial charge in [0.05, 0.1) is 31.8 Å². The minimum absolute atomic E-state index is 0. The van der Waals surface area contributed by atoms with Crippen LogP contribution < -0.4 is 11.1 Å². The van der Waals surface area contributed by atoms with Crippen LogP contribution in [0.5, 0.6) is 0 Å². The van der Waals surface area contributed by atoms with E-state index in [2.05, 4.69) is 33.9 Å². The summed E-state index contributed by atoms with van der Waals surface area (Å²) in [5.41, 5.74) is 4.55. The van der Waals surface area contributed by atoms with E-state index in [-0.39, 0.29) is 37.8 Å². The molecule has 5 aliphatic heterocycles. The highest BCUT2D eigenvalue weighted by Gasteiger charge is 2.35. The lowest BCUT2D eigenvalue weighted by Gasteiger charge is -2.38. The summed E-state index contributed by atoms with van der Waals surface area (Å²) in [7, 11) is 0. The van der Waals surface area contributed by atoms with Crippen LogP contribution in [0.3, 0.4) is 0 Å². The summed E-state index contributed by atoms with van der Waals surface area (Å²) in [6, 6.07) is 11.4. The number of oxazole rings is 1. The Bertz CT molecular complexity index is 2080. The summed E-state index contributed by atoms with van der Waals surface area (Å²) in [5, 5.41) is 3.03. The van der Waals surface area contributed by atoms with Gasteiger partial charge >= 0.3 is 23.8 Å². The minimum atomic E-state index is -1.00. The Morgan fingerprint density at radius 2 is 1.48 bits per heavy atom. The molecule has 358 valence electrons. The standard InChI is InChI=1S/C32H39N5O6.C16H30N2O3.CH4/c1-20-7-12-35(13-8-20)29(38)27(19-22-17-21(2)28-26(18-22)42-31(40)34-28)43-32(41)36-14-10-24(11-15-36)37-16-9-23-5-3-4-6-25(23)33-30(37)39;1-15-3-7-18(8-4-15)9-5-16(19)21-12-2-6-17-10-13-20-14-11-17;/h3-6,17-18,20,24,27H,7-16,19H2,1-2H3,(H,33,39)(H,34,40);15H,2-14H2,1H3;1H4/t27-;;/m1../s1. The van der Waals surface area contributed by atoms with E-state index in [4.69, 9.17) is 18.6 Å². The van der Waals surface area contributed by atoms with Gasteiger partial charge in [-0.15, -0.1) is 0 Å². The van der Waals surface area contributed by atoms with Crippen LogP contribution in [0.4, 0.5) is 15.3 Å². The molecule has 0 aliphatic carbocycles. The number of H-pyrrole nitrogens is 1. The number of morpholine rings is 1. The summed E-state index contributed by atoms with van der Waals surface area (Å²) in [4.78, 5) is 76.4. The van der Waals surface area contributed by atoms with Crippen LogP contribution in [-0.4, -0.2) is 157 Å². The van der Waals surface area contributed by atoms with Gasteiger partial charge < -0.3 is 43.5 Å². The molecular weight excluding hydrogens is 831 g/mol. The molecule has 4 fully saturated rings. The van der Waals surface area contributed by atoms with Crippen molar-refractivity contribution in [3.8, 4) is 0 Å². The number of hydrogen-bond acceptors (Lipinski definition) is 11. The number of fused-ring (bicyclic) bond motifs is 2. The van der Waals surface area contributed by atoms with Crippen molar-refractivity contribution in [1.29, 1.82) is 0 Å². The molecule has 4 saturated heterocycles. The first-order valence-electron chi connectivity index (χ1n) is 23.7. The van der Waals surface area contributed by atoms with Gasteiger partial charge in [0.1, 0.15) is 0 Å². The highest BCUT2D eigenvalue weighted by atomic mass is 16.6. The van der Waals surface area contributed by atoms with Crippen LogP contribution in [0.25, 0.3) is 11.1 Å². The average molecular weight is 904 g/mol. The van der Waals surface area contributed by atoms with Gasteiger partial charge in [-0.3, -0.25) is 19.5 Å². The van der Waals surface area contributed by atoms with Gasteiger partial charge in [-0.25, -0.2) is 14.4 Å². The van der Waals surface area contributed by atoms with Crippen molar-refractivity contribution in [2.45, 2.75) is 105 Å². The molecule has 0 saturated carbocycles. The molecule has 8 rings (SSSR count). The van der Waals surface area contributed by atoms with Crippen LogP contribution in [0.15, 0.2) is 45.6 Å². The number of rotatable bonds is 12. The molecule has 1 atom stereocenters. The molecule has 2 aromatic carbocycles. The Balaban J connectivity index is 0.000000268. The number of aromatic nitrogens is 1. The molecule has 4 amide bonds. The first-order valence-corrected chi connectivity index (χ1v) is 23.7. The predicted molar refractivity (Wildman–Crippen MR) is 250 cm³/mol. The maximum absolute atomic E-state index is 13.7. The van der Waals surface area contributed by atoms with Crippen molar-refractivity contribution in [3.63, 3.8) is 0 Å². The Labute approximate surface area is 384 Å². The predicted octanol–water partition coefficient (Wildman–Crippen LogP) is 6.30. The lowest BCUT2D eigenvalue weighted by atomic mass is 9.98. The molecule has 16 heteroatoms. The maximum Gasteiger partial charge on any atom is 0.417 e. The number of ether oxygens (including phenoxy) is 3. The first-order chi connectivity index (χ1) is 31.0. The van der Waals surface area contributed by atoms with Crippen LogP contribution in [0.1, 0.15) is 89.3 Å². The topological polar surface area (TPSA) is 170 Å². The second-order valence-electron chi connectivity index (χ2n) is 18.4. The highest BCUT2D eigenvalue weighted by molar-refractivity contribution is 5.91. The largest absolute Gasteiger partial charge is 0.466 e. The number of amides is 4. The summed E-state index contributed by atoms with van der Waals surface area (Å²) in [5.74, 6) is 0.601. The van der Waals surface area contributed by atoms with Crippen LogP contribution in [0.2, 0.25) is 0 Å². The van der Waals surface area contributed by atoms with Gasteiger partial charge in [-0.2, -0.15) is 0 Å². The molecule has 5 aliphatic rings. The molecule has 3 aromatic rings. The van der Waals surface area contributed by atoms with E-state index in [9.17, 15) is 24.0 Å². The molecule has 0 bridgehead atoms. The molecule has 16 nitrogen and oxygen atoms in total. The number of piperidine rings is 3. The molecule has 2 N–H and O–H groups in total. The van der Waals surface area contributed by atoms with Crippen molar-refractivity contribution < 1.29 is 37.8 Å². The van der Waals surface area contributed by atoms with Gasteiger partial charge in [-0.05, 0) is 112 Å². The average Bonchev–Trinajstić information content (AvgIpc) is 3.60. The van der Waals surface area contributed by atoms with E-state index >= 15 is 0 Å². The Kier molecular flexibility index (Phi) is 18.3. The Morgan fingerprint density at radius 3 is 2.20 bits per heavy atom. The number of carbonyl (C=O) groups is 4. The highest BCUT2D eigenvalue weighted by Crippen LogP contribution is 2.27. The molecule has 1 aromatic heterocycles. The normalized spacial score (nSPS) is 19.9. The van der Waals surface area contributed by atoms with Crippen LogP contribution >= 0.6 is 0 Å². The van der Waals surface area contributed by atoms with Crippen molar-refractivity contribution >= 4 is 40.8 Å². The fourth-order valence-electron chi connectivity index (χ4n) is 9.44. The fourth-order valence-corrected chi connectivity index (χ4v) is 9.44. The molecule has 0 spiro atoms. The Morgan fingerprint density at radius 1 is 0.815 bits per heavy atom. The third-order valence-corrected chi connectivity index (χ3v) is 13.6. The van der Waals surface area contributed by atoms with E-state index in [1.54, 1.807) is 15.9 Å². The first kappa shape index (κ1) is 49.5. The number of benzene rings is 2. The van der Waals surface area contributed by atoms with E-state index in [0.29, 0.717) is 75.6 Å². The number of urea groups is 1. The van der Waals surface area contributed by atoms with Crippen molar-refractivity contribution in [2.24, 2.45) is 11.8 Å². The fraction of sp³-hybridized carbons (Fsp3) is 0.653. The summed E-state index contributed by atoms with van der Waals surface area (Å²) in [6.45, 7) is 17.4. The number of nitrogens with zero attached hydrogens (tertiary/aromatic N) is 5. The van der Waals surface area contributed by atoms with Crippen molar-refractivity contribution in [3.05, 3.63) is 63.6 Å². The summed E-state index contributed by atoms with van der Waals surface area (Å²) >= 11 is 0. The third-order valence-electron chi connectivity index (χ3n) is 13.6. The summed E-state index contributed by atoms with van der Waals surface area (Å²) < 4.78 is 21.9. The second-order valence-corrected chi connectivity index (χ2v) is 18.4. The number of hydrogen-bond donors (Lipinski definition) is 2. The number of likely N-dealkylation sites (tertiary alicyclic amines) is 3. The van der Waals surface area contributed by atoms with Gasteiger partial charge in [0, 0.05) is 77.1 Å². The lowest BCUT2D eigenvalue weighted by Crippen LogP contribution is -2.51. The number of aryl methyl sites for hydroxylation is 1. The minimum Gasteiger partial charge on any atom is -0.466 e. The zero-order valence-electron chi connectivity index (χ0n) is 38.2. The number of esters is 1. The van der Waals surface area contributed by atoms with Crippen LogP contribution in [0, 0.1) is 18.8 Å². The molecule has 0 unspecified atom stereocenters. The number of aromatic amines is 1. The molecule has 65 heavy (non-hydrogen) atoms. The van der Waals surface area contributed by atoms with Crippen molar-refractivity contribution in [1.82, 2.24) is 29.5 Å². The number of anilines is 1. The van der Waals surface area contributed by atoms with Crippen molar-refractivity contribution in [2.75, 3.05) is 97.1 Å². The van der Waals surface area contributed by atoms with E-state index in [1.807, 2.05) is 42.2 Å².